The predicted octanol–water partition coefficient (Wildman–Crippen LogP) is 5.03. The van der Waals surface area contributed by atoms with Gasteiger partial charge in [0.05, 0.1) is 35.3 Å². The van der Waals surface area contributed by atoms with Gasteiger partial charge in [-0.15, -0.1) is 0 Å². The van der Waals surface area contributed by atoms with Gasteiger partial charge >= 0.3 is 0 Å². The summed E-state index contributed by atoms with van der Waals surface area (Å²) in [6, 6.07) is 12.5. The van der Waals surface area contributed by atoms with E-state index < -0.39 is 11.7 Å². The predicted molar refractivity (Wildman–Crippen MR) is 136 cm³/mol. The highest BCUT2D eigenvalue weighted by Gasteiger charge is 2.26. The Kier molecular flexibility index (Phi) is 7.79. The monoisotopic (exact) mass is 481 g/mol. The third-order valence-corrected chi connectivity index (χ3v) is 5.55. The maximum atomic E-state index is 12.9. The molecule has 2 aromatic carbocycles. The van der Waals surface area contributed by atoms with Crippen LogP contribution in [0.3, 0.4) is 0 Å². The van der Waals surface area contributed by atoms with E-state index in [2.05, 4.69) is 10.3 Å². The van der Waals surface area contributed by atoms with Crippen LogP contribution >= 0.6 is 11.6 Å². The fraction of sp³-hybridized carbons (Fsp3) is 0.269. The van der Waals surface area contributed by atoms with Crippen LogP contribution in [0.4, 0.5) is 11.4 Å². The van der Waals surface area contributed by atoms with E-state index in [1.165, 1.54) is 13.2 Å². The lowest BCUT2D eigenvalue weighted by Crippen LogP contribution is -2.31. The lowest BCUT2D eigenvalue weighted by molar-refractivity contribution is -0.112. The van der Waals surface area contributed by atoms with Crippen LogP contribution < -0.4 is 19.7 Å². The first-order valence-corrected chi connectivity index (χ1v) is 11.1. The molecule has 178 valence electrons. The topological polar surface area (TPSA) is 80.2 Å². The van der Waals surface area contributed by atoms with Crippen LogP contribution in [0.15, 0.2) is 69.8 Å². The van der Waals surface area contributed by atoms with Crippen molar-refractivity contribution in [3.8, 4) is 11.5 Å². The van der Waals surface area contributed by atoms with Crippen LogP contribution in [-0.2, 0) is 4.79 Å². The van der Waals surface area contributed by atoms with Crippen LogP contribution in [0.2, 0.25) is 0 Å². The highest BCUT2D eigenvalue weighted by molar-refractivity contribution is 6.49. The van der Waals surface area contributed by atoms with Crippen molar-refractivity contribution < 1.29 is 19.1 Å². The standard InChI is InChI=1S/C26H28ClN3O4/c1-15(2)34-22-12-7-17(13-23(22)33-6)26(32)29-21-14-20(16(3)24(27)25(21)31)28-18-8-10-19(11-9-18)30(4)5/h7-15H,1-6H3,(H,29,32)/b28-20+. The molecule has 0 fully saturated rings. The number of hydrogen-bond acceptors (Lipinski definition) is 6. The number of allylic oxidation sites excluding steroid dienone is 3. The van der Waals surface area contributed by atoms with Crippen LogP contribution in [0.25, 0.3) is 0 Å². The minimum atomic E-state index is -0.479. The summed E-state index contributed by atoms with van der Waals surface area (Å²) in [4.78, 5) is 32.3. The first-order chi connectivity index (χ1) is 16.1. The molecule has 0 atom stereocenters. The van der Waals surface area contributed by atoms with Gasteiger partial charge in [-0.05, 0) is 74.9 Å². The van der Waals surface area contributed by atoms with Gasteiger partial charge in [0.1, 0.15) is 0 Å². The second-order valence-corrected chi connectivity index (χ2v) is 8.60. The Labute approximate surface area is 204 Å². The van der Waals surface area contributed by atoms with Crippen molar-refractivity contribution in [1.82, 2.24) is 5.32 Å². The third kappa shape index (κ3) is 5.66. The Hall–Kier alpha value is -3.58. The second-order valence-electron chi connectivity index (χ2n) is 8.22. The molecule has 0 saturated carbocycles. The Morgan fingerprint density at radius 1 is 1.09 bits per heavy atom. The van der Waals surface area contributed by atoms with Crippen molar-refractivity contribution in [2.45, 2.75) is 26.9 Å². The van der Waals surface area contributed by atoms with Crippen molar-refractivity contribution in [3.05, 3.63) is 70.4 Å². The molecule has 7 nitrogen and oxygen atoms in total. The number of aliphatic imine (C=N–C) groups is 1. The zero-order valence-electron chi connectivity index (χ0n) is 20.1. The number of carbonyl (C=O) groups is 2. The summed E-state index contributed by atoms with van der Waals surface area (Å²) in [6.07, 6.45) is 1.49. The van der Waals surface area contributed by atoms with Gasteiger partial charge in [0.15, 0.2) is 11.5 Å². The number of anilines is 1. The quantitative estimate of drug-likeness (QED) is 0.561. The van der Waals surface area contributed by atoms with Crippen LogP contribution in [0.1, 0.15) is 31.1 Å². The van der Waals surface area contributed by atoms with Crippen LogP contribution in [0, 0.1) is 0 Å². The highest BCUT2D eigenvalue weighted by Crippen LogP contribution is 2.30. The molecule has 3 rings (SSSR count). The van der Waals surface area contributed by atoms with E-state index in [0.717, 1.165) is 5.69 Å². The molecule has 0 aliphatic heterocycles. The van der Waals surface area contributed by atoms with E-state index in [1.807, 2.05) is 57.1 Å². The minimum Gasteiger partial charge on any atom is -0.493 e. The van der Waals surface area contributed by atoms with Gasteiger partial charge in [0.2, 0.25) is 5.78 Å². The number of benzene rings is 2. The first kappa shape index (κ1) is 25.1. The third-order valence-electron chi connectivity index (χ3n) is 5.09. The average molecular weight is 482 g/mol. The van der Waals surface area contributed by atoms with E-state index >= 15 is 0 Å². The minimum absolute atomic E-state index is 0.0136. The largest absolute Gasteiger partial charge is 0.493 e. The summed E-state index contributed by atoms with van der Waals surface area (Å²) >= 11 is 6.30. The normalized spacial score (nSPS) is 14.9. The summed E-state index contributed by atoms with van der Waals surface area (Å²) in [5, 5.41) is 2.67. The molecule has 0 radical (unpaired) electrons. The zero-order valence-corrected chi connectivity index (χ0v) is 20.9. The number of Topliss-reactive ketones (excluding diaryl/α,β-unsaturated/α-hetero) is 1. The molecule has 0 spiro atoms. The first-order valence-electron chi connectivity index (χ1n) is 10.8. The van der Waals surface area contributed by atoms with Gasteiger partial charge in [0, 0.05) is 25.3 Å². The van der Waals surface area contributed by atoms with Gasteiger partial charge in [-0.3, -0.25) is 9.59 Å². The number of ether oxygens (including phenoxy) is 2. The number of ketones is 1. The molecule has 1 N–H and O–H groups in total. The lowest BCUT2D eigenvalue weighted by Gasteiger charge is -2.18. The van der Waals surface area contributed by atoms with Gasteiger partial charge < -0.3 is 19.7 Å². The number of methoxy groups -OCH3 is 1. The second kappa shape index (κ2) is 10.6. The van der Waals surface area contributed by atoms with E-state index in [9.17, 15) is 9.59 Å². The smallest absolute Gasteiger partial charge is 0.255 e. The maximum absolute atomic E-state index is 12.9. The van der Waals surface area contributed by atoms with Crippen molar-refractivity contribution in [1.29, 1.82) is 0 Å². The fourth-order valence-electron chi connectivity index (χ4n) is 3.24. The SMILES string of the molecule is COc1cc(C(=O)NC2=C/C(=N\c3ccc(N(C)C)cc3)C(C)=C(Cl)C2=O)ccc1OC(C)C. The number of carbonyl (C=O) groups excluding carboxylic acids is 2. The van der Waals surface area contributed by atoms with Crippen molar-refractivity contribution in [2.75, 3.05) is 26.1 Å². The highest BCUT2D eigenvalue weighted by atomic mass is 35.5. The molecular weight excluding hydrogens is 454 g/mol. The van der Waals surface area contributed by atoms with Crippen molar-refractivity contribution in [2.24, 2.45) is 4.99 Å². The number of rotatable bonds is 7. The lowest BCUT2D eigenvalue weighted by atomic mass is 10.0. The Morgan fingerprint density at radius 2 is 1.76 bits per heavy atom. The number of nitrogens with one attached hydrogen (secondary N) is 1. The molecule has 0 unspecified atom stereocenters. The number of amides is 1. The molecule has 1 amide bonds. The van der Waals surface area contributed by atoms with E-state index in [1.54, 1.807) is 25.1 Å². The van der Waals surface area contributed by atoms with Gasteiger partial charge in [0.25, 0.3) is 5.91 Å². The number of nitrogens with zero attached hydrogens (tertiary/aromatic N) is 2. The molecule has 0 saturated heterocycles. The van der Waals surface area contributed by atoms with Crippen LogP contribution in [0.5, 0.6) is 11.5 Å². The van der Waals surface area contributed by atoms with E-state index in [0.29, 0.717) is 34.0 Å². The molecule has 1 aliphatic rings. The molecule has 8 heteroatoms. The van der Waals surface area contributed by atoms with Gasteiger partial charge in [-0.1, -0.05) is 11.6 Å². The maximum Gasteiger partial charge on any atom is 0.255 e. The van der Waals surface area contributed by atoms with Gasteiger partial charge in [-0.25, -0.2) is 4.99 Å². The van der Waals surface area contributed by atoms with Crippen molar-refractivity contribution in [3.63, 3.8) is 0 Å². The Morgan fingerprint density at radius 3 is 2.35 bits per heavy atom. The van der Waals surface area contributed by atoms with Crippen LogP contribution in [-0.4, -0.2) is 44.7 Å². The Bertz CT molecular complexity index is 1200. The summed E-state index contributed by atoms with van der Waals surface area (Å²) < 4.78 is 11.0. The molecule has 1 aliphatic carbocycles. The average Bonchev–Trinajstić information content (AvgIpc) is 2.80. The summed E-state index contributed by atoms with van der Waals surface area (Å²) in [6.45, 7) is 5.52. The molecule has 2 aromatic rings. The summed E-state index contributed by atoms with van der Waals surface area (Å²) in [7, 11) is 5.41. The zero-order chi connectivity index (χ0) is 25.0. The Balaban J connectivity index is 1.88. The molecule has 34 heavy (non-hydrogen) atoms. The molecule has 0 bridgehead atoms. The molecule has 0 aromatic heterocycles. The summed E-state index contributed by atoms with van der Waals surface area (Å²) in [5.74, 6) is -0.00494. The number of hydrogen-bond donors (Lipinski definition) is 1. The fourth-order valence-corrected chi connectivity index (χ4v) is 3.44. The number of halogens is 1. The van der Waals surface area contributed by atoms with E-state index in [-0.39, 0.29) is 16.8 Å². The molecular formula is C26H28ClN3O4. The molecule has 0 heterocycles. The summed E-state index contributed by atoms with van der Waals surface area (Å²) in [5.41, 5.74) is 3.13. The van der Waals surface area contributed by atoms with Crippen molar-refractivity contribution >= 4 is 40.4 Å². The van der Waals surface area contributed by atoms with E-state index in [4.69, 9.17) is 21.1 Å². The van der Waals surface area contributed by atoms with Gasteiger partial charge in [-0.2, -0.15) is 0 Å².